The van der Waals surface area contributed by atoms with Gasteiger partial charge in [0.05, 0.1) is 10.8 Å². The van der Waals surface area contributed by atoms with Crippen molar-refractivity contribution in [1.29, 1.82) is 0 Å². The Labute approximate surface area is 392 Å². The molecule has 11 aromatic rings. The van der Waals surface area contributed by atoms with E-state index in [2.05, 4.69) is 278 Å². The smallest absolute Gasteiger partial charge is 0.0713 e. The molecule has 0 atom stereocenters. The van der Waals surface area contributed by atoms with Crippen molar-refractivity contribution in [2.24, 2.45) is 0 Å². The van der Waals surface area contributed by atoms with E-state index in [4.69, 9.17) is 0 Å². The maximum absolute atomic E-state index is 2.45. The lowest BCUT2D eigenvalue weighted by Crippen LogP contribution is -2.28. The minimum absolute atomic E-state index is 0.456. The summed E-state index contributed by atoms with van der Waals surface area (Å²) in [6.45, 7) is 0. The van der Waals surface area contributed by atoms with E-state index in [1.807, 2.05) is 0 Å². The molecule has 0 N–H and O–H groups in total. The van der Waals surface area contributed by atoms with Crippen LogP contribution in [0.3, 0.4) is 0 Å². The van der Waals surface area contributed by atoms with Crippen LogP contribution >= 0.6 is 0 Å². The van der Waals surface area contributed by atoms with E-state index in [1.165, 1.54) is 88.7 Å². The van der Waals surface area contributed by atoms with Crippen molar-refractivity contribution in [1.82, 2.24) is 0 Å². The fraction of sp³-hybridized carbons (Fsp3) is 0.0303. The average Bonchev–Trinajstić information content (AvgIpc) is 3.88. The van der Waals surface area contributed by atoms with Crippen molar-refractivity contribution in [2.75, 3.05) is 4.90 Å². The van der Waals surface area contributed by atoms with E-state index in [0.29, 0.717) is 0 Å². The summed E-state index contributed by atoms with van der Waals surface area (Å²) < 4.78 is 0. The van der Waals surface area contributed by atoms with E-state index in [9.17, 15) is 0 Å². The maximum Gasteiger partial charge on any atom is 0.0713 e. The Balaban J connectivity index is 0.970. The molecule has 0 unspecified atom stereocenters. The van der Waals surface area contributed by atoms with Gasteiger partial charge >= 0.3 is 0 Å². The van der Waals surface area contributed by atoms with Crippen LogP contribution in [0.5, 0.6) is 0 Å². The molecule has 0 fully saturated rings. The molecule has 67 heavy (non-hydrogen) atoms. The number of benzene rings is 11. The molecule has 11 aromatic carbocycles. The van der Waals surface area contributed by atoms with Crippen molar-refractivity contribution in [3.8, 4) is 33.4 Å². The fourth-order valence-electron chi connectivity index (χ4n) is 11.8. The standard InChI is InChI=1S/C66H45N/c1-5-21-50(22-6-1)65(51-23-7-2-8-24-51)62-32-18-16-30-58(62)60-45-56(40-42-63(60)65)67(55-39-35-46-19-13-14-20-48(46)43-55)54-37-33-47(34-38-54)49-36-41-59-57-29-15-17-31-61(57)66(64(59)44-49,52-25-9-3-10-26-52)53-27-11-4-12-28-53/h1-45H. The molecule has 0 heterocycles. The SMILES string of the molecule is c1ccc(C2(c3ccccc3)c3ccccc3-c3cc(N(c4ccc(-c5ccc6c(c5)C(c5ccccc5)(c5ccccc5)c5ccccc5-6)cc4)c4ccc5ccccc5c4)ccc32)cc1. The largest absolute Gasteiger partial charge is 0.310 e. The first-order valence-electron chi connectivity index (χ1n) is 23.3. The van der Waals surface area contributed by atoms with Crippen molar-refractivity contribution in [3.05, 3.63) is 317 Å². The lowest BCUT2D eigenvalue weighted by molar-refractivity contribution is 0.768. The molecule has 1 nitrogen and oxygen atoms in total. The molecule has 0 spiro atoms. The van der Waals surface area contributed by atoms with E-state index in [1.54, 1.807) is 0 Å². The van der Waals surface area contributed by atoms with Gasteiger partial charge in [0.2, 0.25) is 0 Å². The molecular formula is C66H45N. The van der Waals surface area contributed by atoms with Crippen LogP contribution < -0.4 is 4.90 Å². The topological polar surface area (TPSA) is 3.24 Å². The predicted octanol–water partition coefficient (Wildman–Crippen LogP) is 16.7. The highest BCUT2D eigenvalue weighted by Gasteiger charge is 2.47. The van der Waals surface area contributed by atoms with Crippen LogP contribution in [0.1, 0.15) is 44.5 Å². The Morgan fingerprint density at radius 3 is 1.21 bits per heavy atom. The van der Waals surface area contributed by atoms with E-state index in [-0.39, 0.29) is 0 Å². The fourth-order valence-corrected chi connectivity index (χ4v) is 11.8. The van der Waals surface area contributed by atoms with Gasteiger partial charge in [-0.05, 0) is 131 Å². The zero-order valence-corrected chi connectivity index (χ0v) is 36.9. The zero-order valence-electron chi connectivity index (χ0n) is 36.9. The Morgan fingerprint density at radius 1 is 0.224 bits per heavy atom. The van der Waals surface area contributed by atoms with Crippen LogP contribution in [0, 0.1) is 0 Å². The van der Waals surface area contributed by atoms with Gasteiger partial charge in [0, 0.05) is 17.1 Å². The van der Waals surface area contributed by atoms with Gasteiger partial charge < -0.3 is 4.90 Å². The van der Waals surface area contributed by atoms with Crippen LogP contribution in [0.15, 0.2) is 273 Å². The molecule has 0 aromatic heterocycles. The summed E-state index contributed by atoms with van der Waals surface area (Å²) in [7, 11) is 0. The van der Waals surface area contributed by atoms with Gasteiger partial charge in [-0.1, -0.05) is 231 Å². The molecule has 2 aliphatic rings. The summed E-state index contributed by atoms with van der Waals surface area (Å²) in [5.41, 5.74) is 20.2. The van der Waals surface area contributed by atoms with Crippen LogP contribution in [-0.2, 0) is 10.8 Å². The van der Waals surface area contributed by atoms with Crippen molar-refractivity contribution < 1.29 is 0 Å². The third-order valence-corrected chi connectivity index (χ3v) is 14.6. The number of anilines is 3. The second-order valence-corrected chi connectivity index (χ2v) is 18.0. The number of fused-ring (bicyclic) bond motifs is 7. The average molecular weight is 852 g/mol. The predicted molar refractivity (Wildman–Crippen MR) is 279 cm³/mol. The lowest BCUT2D eigenvalue weighted by atomic mass is 9.67. The molecule has 0 bridgehead atoms. The van der Waals surface area contributed by atoms with Gasteiger partial charge in [0.1, 0.15) is 0 Å². The summed E-state index contributed by atoms with van der Waals surface area (Å²) in [6, 6.07) is 101. The third kappa shape index (κ3) is 5.88. The molecule has 0 amide bonds. The van der Waals surface area contributed by atoms with Crippen molar-refractivity contribution in [2.45, 2.75) is 10.8 Å². The Morgan fingerprint density at radius 2 is 0.627 bits per heavy atom. The Bertz CT molecular complexity index is 3530. The molecular weight excluding hydrogens is 807 g/mol. The Hall–Kier alpha value is -8.52. The highest BCUT2D eigenvalue weighted by molar-refractivity contribution is 5.94. The normalized spacial score (nSPS) is 13.6. The second kappa shape index (κ2) is 15.6. The molecule has 13 rings (SSSR count). The summed E-state index contributed by atoms with van der Waals surface area (Å²) in [5.74, 6) is 0. The number of hydrogen-bond donors (Lipinski definition) is 0. The van der Waals surface area contributed by atoms with Gasteiger partial charge in [0.15, 0.2) is 0 Å². The summed E-state index contributed by atoms with van der Waals surface area (Å²) in [6.07, 6.45) is 0. The minimum atomic E-state index is -0.460. The second-order valence-electron chi connectivity index (χ2n) is 18.0. The van der Waals surface area contributed by atoms with Gasteiger partial charge in [-0.15, -0.1) is 0 Å². The third-order valence-electron chi connectivity index (χ3n) is 14.6. The maximum atomic E-state index is 2.45. The van der Waals surface area contributed by atoms with Gasteiger partial charge in [-0.25, -0.2) is 0 Å². The monoisotopic (exact) mass is 851 g/mol. The van der Waals surface area contributed by atoms with Gasteiger partial charge in [-0.3, -0.25) is 0 Å². The van der Waals surface area contributed by atoms with E-state index >= 15 is 0 Å². The highest BCUT2D eigenvalue weighted by atomic mass is 15.1. The number of rotatable bonds is 8. The van der Waals surface area contributed by atoms with E-state index < -0.39 is 10.8 Å². The van der Waals surface area contributed by atoms with Crippen molar-refractivity contribution in [3.63, 3.8) is 0 Å². The van der Waals surface area contributed by atoms with Gasteiger partial charge in [0.25, 0.3) is 0 Å². The first-order valence-corrected chi connectivity index (χ1v) is 23.3. The molecule has 0 radical (unpaired) electrons. The summed E-state index contributed by atoms with van der Waals surface area (Å²) >= 11 is 0. The lowest BCUT2D eigenvalue weighted by Gasteiger charge is -2.34. The van der Waals surface area contributed by atoms with E-state index in [0.717, 1.165) is 17.1 Å². The molecule has 0 aliphatic heterocycles. The Kier molecular flexibility index (Phi) is 9.05. The highest BCUT2D eigenvalue weighted by Crippen LogP contribution is 2.58. The minimum Gasteiger partial charge on any atom is -0.310 e. The van der Waals surface area contributed by atoms with Crippen LogP contribution in [0.4, 0.5) is 17.1 Å². The van der Waals surface area contributed by atoms with Gasteiger partial charge in [-0.2, -0.15) is 0 Å². The molecule has 314 valence electrons. The molecule has 0 saturated carbocycles. The molecule has 2 aliphatic carbocycles. The first kappa shape index (κ1) is 38.9. The van der Waals surface area contributed by atoms with Crippen LogP contribution in [-0.4, -0.2) is 0 Å². The summed E-state index contributed by atoms with van der Waals surface area (Å²) in [5, 5.41) is 2.43. The first-order chi connectivity index (χ1) is 33.2. The molecule has 0 saturated heterocycles. The number of nitrogens with zero attached hydrogens (tertiary/aromatic N) is 1. The van der Waals surface area contributed by atoms with Crippen LogP contribution in [0.2, 0.25) is 0 Å². The van der Waals surface area contributed by atoms with Crippen LogP contribution in [0.25, 0.3) is 44.2 Å². The molecule has 1 heteroatoms. The zero-order chi connectivity index (χ0) is 44.4. The quantitative estimate of drug-likeness (QED) is 0.147. The van der Waals surface area contributed by atoms with Crippen molar-refractivity contribution >= 4 is 27.8 Å². The number of hydrogen-bond acceptors (Lipinski definition) is 1. The summed E-state index contributed by atoms with van der Waals surface area (Å²) in [4.78, 5) is 2.43.